The number of aliphatic hydroxyl groups is 2. The van der Waals surface area contributed by atoms with Crippen LogP contribution in [0.3, 0.4) is 0 Å². The minimum atomic E-state index is -1.20. The van der Waals surface area contributed by atoms with Crippen LogP contribution in [0.15, 0.2) is 0 Å². The normalized spacial score (nSPS) is 11.2. The van der Waals surface area contributed by atoms with E-state index in [1.165, 1.54) is 96.3 Å². The van der Waals surface area contributed by atoms with Crippen molar-refractivity contribution in [3.8, 4) is 0 Å². The van der Waals surface area contributed by atoms with Crippen molar-refractivity contribution in [3.63, 3.8) is 0 Å². The number of unbranched alkanes of at least 4 members (excludes halogenated alkanes) is 14. The third kappa shape index (κ3) is 22.2. The Labute approximate surface area is 157 Å². The van der Waals surface area contributed by atoms with Gasteiger partial charge in [-0.3, -0.25) is 0 Å². The molecule has 0 aliphatic heterocycles. The summed E-state index contributed by atoms with van der Waals surface area (Å²) in [6, 6.07) is 0. The molecule has 0 saturated carbocycles. The third-order valence-corrected chi connectivity index (χ3v) is 4.62. The lowest BCUT2D eigenvalue weighted by Gasteiger charge is -2.17. The van der Waals surface area contributed by atoms with E-state index in [-0.39, 0.29) is 12.4 Å². The van der Waals surface area contributed by atoms with E-state index in [9.17, 15) is 0 Å². The number of hydrogen-bond donors (Lipinski definition) is 2. The van der Waals surface area contributed by atoms with Gasteiger partial charge in [-0.05, 0) is 20.0 Å². The van der Waals surface area contributed by atoms with Crippen LogP contribution in [0.5, 0.6) is 0 Å². The van der Waals surface area contributed by atoms with Gasteiger partial charge >= 0.3 is 0 Å². The fourth-order valence-electron chi connectivity index (χ4n) is 3.12. The smallest absolute Gasteiger partial charge is 0.164 e. The van der Waals surface area contributed by atoms with E-state index in [2.05, 4.69) is 6.92 Å². The fraction of sp³-hybridized carbons (Fsp3) is 1.00. The van der Waals surface area contributed by atoms with E-state index in [4.69, 9.17) is 10.2 Å². The molecule has 0 aromatic rings. The molecule has 0 fully saturated rings. The molecule has 0 rings (SSSR count). The summed E-state index contributed by atoms with van der Waals surface area (Å²) in [5.41, 5.74) is 0. The number of aliphatic hydroxyl groups excluding tert-OH is 1. The average Bonchev–Trinajstić information content (AvgIpc) is 2.50. The largest absolute Gasteiger partial charge is 0.367 e. The number of hydrogen-bond acceptors (Lipinski definition) is 3. The molecule has 0 bridgehead atoms. The Kier molecular flexibility index (Phi) is 23.3. The first-order chi connectivity index (χ1) is 11.2. The Morgan fingerprint density at radius 3 is 1.29 bits per heavy atom. The molecule has 0 aliphatic carbocycles. The first-order valence-corrected chi connectivity index (χ1v) is 10.2. The molecule has 24 heavy (non-hydrogen) atoms. The molecular weight excluding hydrogens is 322 g/mol. The molecule has 0 aromatic heterocycles. The molecule has 0 spiro atoms. The van der Waals surface area contributed by atoms with E-state index >= 15 is 0 Å². The standard InChI is InChI=1S/C20H43NO2.ClH/c1-3-4-5-6-7-8-9-10-11-12-13-14-15-16-17-18-21(2)19-20(22)23;/h20,22-23H,3-19H2,1-2H3;1H. The van der Waals surface area contributed by atoms with Gasteiger partial charge in [0.2, 0.25) is 0 Å². The first-order valence-electron chi connectivity index (χ1n) is 10.2. The quantitative estimate of drug-likeness (QED) is 0.248. The maximum absolute atomic E-state index is 8.86. The van der Waals surface area contributed by atoms with E-state index in [0.29, 0.717) is 6.54 Å². The molecular formula is C20H44ClNO2. The lowest BCUT2D eigenvalue weighted by molar-refractivity contribution is -0.0573. The Morgan fingerprint density at radius 2 is 0.958 bits per heavy atom. The summed E-state index contributed by atoms with van der Waals surface area (Å²) in [4.78, 5) is 1.99. The van der Waals surface area contributed by atoms with Crippen LogP contribution in [0.1, 0.15) is 103 Å². The molecule has 148 valence electrons. The summed E-state index contributed by atoms with van der Waals surface area (Å²) in [5, 5.41) is 17.7. The van der Waals surface area contributed by atoms with Gasteiger partial charge < -0.3 is 15.1 Å². The van der Waals surface area contributed by atoms with Gasteiger partial charge in [0.05, 0.1) is 0 Å². The van der Waals surface area contributed by atoms with Crippen molar-refractivity contribution in [2.45, 2.75) is 110 Å². The first kappa shape index (κ1) is 26.4. The Balaban J connectivity index is 0. The minimum Gasteiger partial charge on any atom is -0.367 e. The van der Waals surface area contributed by atoms with Crippen LogP contribution in [0.4, 0.5) is 0 Å². The van der Waals surface area contributed by atoms with Gasteiger partial charge in [-0.25, -0.2) is 0 Å². The van der Waals surface area contributed by atoms with E-state index in [0.717, 1.165) is 6.54 Å². The Bertz CT molecular complexity index is 228. The Morgan fingerprint density at radius 1 is 0.625 bits per heavy atom. The maximum Gasteiger partial charge on any atom is 0.164 e. The maximum atomic E-state index is 8.86. The van der Waals surface area contributed by atoms with Crippen molar-refractivity contribution in [1.29, 1.82) is 0 Å². The summed E-state index contributed by atoms with van der Waals surface area (Å²) in [6.07, 6.45) is 19.6. The summed E-state index contributed by atoms with van der Waals surface area (Å²) in [5.74, 6) is 0. The molecule has 0 unspecified atom stereocenters. The van der Waals surface area contributed by atoms with Gasteiger partial charge in [0.15, 0.2) is 6.29 Å². The van der Waals surface area contributed by atoms with Crippen LogP contribution in [0, 0.1) is 0 Å². The zero-order chi connectivity index (χ0) is 17.2. The number of halogens is 1. The van der Waals surface area contributed by atoms with Gasteiger partial charge in [0, 0.05) is 6.54 Å². The minimum absolute atomic E-state index is 0. The van der Waals surface area contributed by atoms with Crippen molar-refractivity contribution in [3.05, 3.63) is 0 Å². The van der Waals surface area contributed by atoms with Gasteiger partial charge in [0.1, 0.15) is 0 Å². The number of rotatable bonds is 18. The highest BCUT2D eigenvalue weighted by molar-refractivity contribution is 5.85. The van der Waals surface area contributed by atoms with Crippen molar-refractivity contribution >= 4 is 12.4 Å². The van der Waals surface area contributed by atoms with Crippen LogP contribution in [-0.4, -0.2) is 41.5 Å². The SMILES string of the molecule is CCCCCCCCCCCCCCCCCN(C)CC(O)O.Cl. The molecule has 0 aliphatic rings. The summed E-state index contributed by atoms with van der Waals surface area (Å²) in [6.45, 7) is 3.61. The highest BCUT2D eigenvalue weighted by Gasteiger charge is 2.03. The lowest BCUT2D eigenvalue weighted by Crippen LogP contribution is -2.29. The van der Waals surface area contributed by atoms with Crippen molar-refractivity contribution in [2.75, 3.05) is 20.1 Å². The van der Waals surface area contributed by atoms with Crippen molar-refractivity contribution < 1.29 is 10.2 Å². The van der Waals surface area contributed by atoms with Gasteiger partial charge in [-0.1, -0.05) is 96.8 Å². The van der Waals surface area contributed by atoms with E-state index in [1.54, 1.807) is 0 Å². The van der Waals surface area contributed by atoms with Crippen molar-refractivity contribution in [1.82, 2.24) is 4.90 Å². The van der Waals surface area contributed by atoms with Crippen LogP contribution in [0.2, 0.25) is 0 Å². The highest BCUT2D eigenvalue weighted by atomic mass is 35.5. The van der Waals surface area contributed by atoms with Crippen LogP contribution < -0.4 is 0 Å². The molecule has 0 atom stereocenters. The Hall–Kier alpha value is 0.170. The van der Waals surface area contributed by atoms with Crippen molar-refractivity contribution in [2.24, 2.45) is 0 Å². The fourth-order valence-corrected chi connectivity index (χ4v) is 3.12. The molecule has 0 saturated heterocycles. The van der Waals surface area contributed by atoms with Crippen LogP contribution in [-0.2, 0) is 0 Å². The lowest BCUT2D eigenvalue weighted by atomic mass is 10.0. The topological polar surface area (TPSA) is 43.7 Å². The monoisotopic (exact) mass is 365 g/mol. The molecule has 2 N–H and O–H groups in total. The summed E-state index contributed by atoms with van der Waals surface area (Å²) in [7, 11) is 1.95. The van der Waals surface area contributed by atoms with E-state index < -0.39 is 6.29 Å². The van der Waals surface area contributed by atoms with E-state index in [1.807, 2.05) is 11.9 Å². The van der Waals surface area contributed by atoms with Crippen LogP contribution in [0.25, 0.3) is 0 Å². The molecule has 3 nitrogen and oxygen atoms in total. The summed E-state index contributed by atoms with van der Waals surface area (Å²) >= 11 is 0. The molecule has 0 heterocycles. The third-order valence-electron chi connectivity index (χ3n) is 4.62. The zero-order valence-corrected chi connectivity index (χ0v) is 17.2. The molecule has 0 amide bonds. The van der Waals surface area contributed by atoms with Gasteiger partial charge in [-0.15, -0.1) is 12.4 Å². The van der Waals surface area contributed by atoms with Gasteiger partial charge in [-0.2, -0.15) is 0 Å². The number of likely N-dealkylation sites (N-methyl/N-ethyl adjacent to an activating group) is 1. The van der Waals surface area contributed by atoms with Crippen LogP contribution >= 0.6 is 12.4 Å². The molecule has 4 heteroatoms. The predicted molar refractivity (Wildman–Crippen MR) is 108 cm³/mol. The second-order valence-corrected chi connectivity index (χ2v) is 7.19. The van der Waals surface area contributed by atoms with Gasteiger partial charge in [0.25, 0.3) is 0 Å². The zero-order valence-electron chi connectivity index (χ0n) is 16.3. The molecule has 0 aromatic carbocycles. The predicted octanol–water partition coefficient (Wildman–Crippen LogP) is 5.52. The molecule has 0 radical (unpaired) electrons. The highest BCUT2D eigenvalue weighted by Crippen LogP contribution is 2.13. The average molecular weight is 366 g/mol. The summed E-state index contributed by atoms with van der Waals surface area (Å²) < 4.78 is 0. The second-order valence-electron chi connectivity index (χ2n) is 7.19. The number of nitrogens with zero attached hydrogens (tertiary/aromatic N) is 1. The second kappa shape index (κ2) is 21.2.